The van der Waals surface area contributed by atoms with Crippen molar-refractivity contribution in [3.05, 3.63) is 23.9 Å². The summed E-state index contributed by atoms with van der Waals surface area (Å²) in [5.74, 6) is 0.842. The molecule has 14 heavy (non-hydrogen) atoms. The molecule has 0 amide bonds. The van der Waals surface area contributed by atoms with E-state index in [0.29, 0.717) is 0 Å². The van der Waals surface area contributed by atoms with Crippen molar-refractivity contribution in [2.75, 3.05) is 12.8 Å². The standard InChI is InChI=1S/C11H14N2O/c1-7-11(12)9-6-8(14-3)4-5-10(9)13(7)2/h4-6H,12H2,1-3H3. The fourth-order valence-electron chi connectivity index (χ4n) is 1.71. The summed E-state index contributed by atoms with van der Waals surface area (Å²) in [5.41, 5.74) is 9.05. The van der Waals surface area contributed by atoms with Gasteiger partial charge in [-0.25, -0.2) is 0 Å². The second kappa shape index (κ2) is 2.94. The molecule has 2 N–H and O–H groups in total. The molecule has 0 fully saturated rings. The van der Waals surface area contributed by atoms with Crippen LogP contribution in [0.2, 0.25) is 0 Å². The number of nitrogens with zero attached hydrogens (tertiary/aromatic N) is 1. The van der Waals surface area contributed by atoms with Crippen LogP contribution in [0.15, 0.2) is 18.2 Å². The van der Waals surface area contributed by atoms with Crippen molar-refractivity contribution in [3.8, 4) is 5.75 Å². The lowest BCUT2D eigenvalue weighted by Gasteiger charge is -2.00. The Balaban J connectivity index is 2.82. The first kappa shape index (κ1) is 8.94. The Hall–Kier alpha value is -1.64. The lowest BCUT2D eigenvalue weighted by molar-refractivity contribution is 0.415. The summed E-state index contributed by atoms with van der Waals surface area (Å²) in [4.78, 5) is 0. The molecule has 0 bridgehead atoms. The Morgan fingerprint density at radius 3 is 2.71 bits per heavy atom. The normalized spacial score (nSPS) is 10.8. The van der Waals surface area contributed by atoms with E-state index in [2.05, 4.69) is 4.57 Å². The van der Waals surface area contributed by atoms with Crippen molar-refractivity contribution in [1.29, 1.82) is 0 Å². The number of nitrogens with two attached hydrogens (primary N) is 1. The van der Waals surface area contributed by atoms with Gasteiger partial charge in [-0.15, -0.1) is 0 Å². The third kappa shape index (κ3) is 1.05. The molecule has 0 saturated heterocycles. The molecule has 1 heterocycles. The molecule has 2 rings (SSSR count). The van der Waals surface area contributed by atoms with Crippen LogP contribution >= 0.6 is 0 Å². The van der Waals surface area contributed by atoms with Crippen molar-refractivity contribution in [2.45, 2.75) is 6.92 Å². The number of hydrogen-bond acceptors (Lipinski definition) is 2. The van der Waals surface area contributed by atoms with Crippen molar-refractivity contribution in [3.63, 3.8) is 0 Å². The maximum atomic E-state index is 5.99. The number of methoxy groups -OCH3 is 1. The van der Waals surface area contributed by atoms with E-state index < -0.39 is 0 Å². The zero-order valence-electron chi connectivity index (χ0n) is 8.66. The van der Waals surface area contributed by atoms with Gasteiger partial charge in [0.15, 0.2) is 0 Å². The van der Waals surface area contributed by atoms with Crippen LogP contribution in [0.25, 0.3) is 10.9 Å². The topological polar surface area (TPSA) is 40.2 Å². The van der Waals surface area contributed by atoms with Gasteiger partial charge in [-0.2, -0.15) is 0 Å². The van der Waals surface area contributed by atoms with Gasteiger partial charge >= 0.3 is 0 Å². The van der Waals surface area contributed by atoms with E-state index in [-0.39, 0.29) is 0 Å². The molecule has 0 unspecified atom stereocenters. The summed E-state index contributed by atoms with van der Waals surface area (Å²) in [7, 11) is 3.67. The molecule has 0 aliphatic rings. The van der Waals surface area contributed by atoms with Crippen molar-refractivity contribution in [1.82, 2.24) is 4.57 Å². The Labute approximate surface area is 83.1 Å². The minimum atomic E-state index is 0.835. The van der Waals surface area contributed by atoms with Gasteiger partial charge in [0.2, 0.25) is 0 Å². The summed E-state index contributed by atoms with van der Waals surface area (Å²) in [5, 5.41) is 1.06. The molecule has 74 valence electrons. The number of benzene rings is 1. The largest absolute Gasteiger partial charge is 0.497 e. The lowest BCUT2D eigenvalue weighted by Crippen LogP contribution is -1.91. The summed E-state index contributed by atoms with van der Waals surface area (Å²) in [6, 6.07) is 5.94. The highest BCUT2D eigenvalue weighted by molar-refractivity contribution is 5.94. The minimum absolute atomic E-state index is 0.835. The summed E-state index contributed by atoms with van der Waals surface area (Å²) >= 11 is 0. The molecule has 1 aromatic heterocycles. The number of hydrogen-bond donors (Lipinski definition) is 1. The SMILES string of the molecule is COc1ccc2c(c1)c(N)c(C)n2C. The van der Waals surface area contributed by atoms with E-state index in [4.69, 9.17) is 10.5 Å². The quantitative estimate of drug-likeness (QED) is 0.747. The average Bonchev–Trinajstić information content (AvgIpc) is 2.44. The van der Waals surface area contributed by atoms with E-state index in [9.17, 15) is 0 Å². The van der Waals surface area contributed by atoms with Crippen LogP contribution in [-0.2, 0) is 7.05 Å². The summed E-state index contributed by atoms with van der Waals surface area (Å²) < 4.78 is 7.25. The predicted molar refractivity (Wildman–Crippen MR) is 58.6 cm³/mol. The highest BCUT2D eigenvalue weighted by Crippen LogP contribution is 2.29. The van der Waals surface area contributed by atoms with E-state index >= 15 is 0 Å². The number of anilines is 1. The van der Waals surface area contributed by atoms with Gasteiger partial charge in [0, 0.05) is 18.1 Å². The highest BCUT2D eigenvalue weighted by Gasteiger charge is 2.09. The van der Waals surface area contributed by atoms with Crippen molar-refractivity contribution >= 4 is 16.6 Å². The zero-order chi connectivity index (χ0) is 10.3. The summed E-state index contributed by atoms with van der Waals surface area (Å²) in [6.45, 7) is 2.02. The molecule has 0 aliphatic heterocycles. The van der Waals surface area contributed by atoms with Gasteiger partial charge in [0.1, 0.15) is 5.75 Å². The molecule has 2 aromatic rings. The van der Waals surface area contributed by atoms with Crippen molar-refractivity contribution < 1.29 is 4.74 Å². The van der Waals surface area contributed by atoms with E-state index in [1.807, 2.05) is 32.2 Å². The van der Waals surface area contributed by atoms with Crippen LogP contribution in [0.1, 0.15) is 5.69 Å². The first-order valence-corrected chi connectivity index (χ1v) is 4.53. The van der Waals surface area contributed by atoms with Gasteiger partial charge in [-0.1, -0.05) is 0 Å². The average molecular weight is 190 g/mol. The fourth-order valence-corrected chi connectivity index (χ4v) is 1.71. The van der Waals surface area contributed by atoms with Crippen LogP contribution < -0.4 is 10.5 Å². The van der Waals surface area contributed by atoms with E-state index in [1.54, 1.807) is 7.11 Å². The maximum absolute atomic E-state index is 5.99. The van der Waals surface area contributed by atoms with E-state index in [0.717, 1.165) is 28.0 Å². The van der Waals surface area contributed by atoms with Gasteiger partial charge in [0.25, 0.3) is 0 Å². The Morgan fingerprint density at radius 1 is 1.36 bits per heavy atom. The second-order valence-electron chi connectivity index (χ2n) is 3.44. The highest BCUT2D eigenvalue weighted by atomic mass is 16.5. The first-order chi connectivity index (χ1) is 6.65. The van der Waals surface area contributed by atoms with Crippen LogP contribution in [0.5, 0.6) is 5.75 Å². The van der Waals surface area contributed by atoms with Gasteiger partial charge < -0.3 is 15.0 Å². The van der Waals surface area contributed by atoms with Crippen LogP contribution in [0.4, 0.5) is 5.69 Å². The van der Waals surface area contributed by atoms with Crippen LogP contribution in [-0.4, -0.2) is 11.7 Å². The number of aromatic nitrogens is 1. The summed E-state index contributed by atoms with van der Waals surface area (Å²) in [6.07, 6.45) is 0. The fraction of sp³-hybridized carbons (Fsp3) is 0.273. The number of rotatable bonds is 1. The molecule has 0 spiro atoms. The maximum Gasteiger partial charge on any atom is 0.119 e. The number of fused-ring (bicyclic) bond motifs is 1. The van der Waals surface area contributed by atoms with Gasteiger partial charge in [-0.05, 0) is 25.1 Å². The number of ether oxygens (including phenoxy) is 1. The molecule has 0 atom stereocenters. The third-order valence-corrected chi connectivity index (χ3v) is 2.75. The Kier molecular flexibility index (Phi) is 1.88. The van der Waals surface area contributed by atoms with Crippen LogP contribution in [0, 0.1) is 6.92 Å². The van der Waals surface area contributed by atoms with Crippen molar-refractivity contribution in [2.24, 2.45) is 7.05 Å². The third-order valence-electron chi connectivity index (χ3n) is 2.75. The molecule has 3 nitrogen and oxygen atoms in total. The molecular weight excluding hydrogens is 176 g/mol. The zero-order valence-corrected chi connectivity index (χ0v) is 8.66. The molecule has 0 radical (unpaired) electrons. The smallest absolute Gasteiger partial charge is 0.119 e. The Bertz CT molecular complexity index is 485. The molecule has 3 heteroatoms. The molecule has 0 aliphatic carbocycles. The first-order valence-electron chi connectivity index (χ1n) is 4.53. The second-order valence-corrected chi connectivity index (χ2v) is 3.44. The van der Waals surface area contributed by atoms with E-state index in [1.165, 1.54) is 0 Å². The number of nitrogen functional groups attached to an aromatic ring is 1. The number of aryl methyl sites for hydroxylation is 1. The molecule has 1 aromatic carbocycles. The van der Waals surface area contributed by atoms with Gasteiger partial charge in [0.05, 0.1) is 18.3 Å². The lowest BCUT2D eigenvalue weighted by atomic mass is 10.2. The van der Waals surface area contributed by atoms with Gasteiger partial charge in [-0.3, -0.25) is 0 Å². The molecule has 0 saturated carbocycles. The molecular formula is C11H14N2O. The monoisotopic (exact) mass is 190 g/mol. The minimum Gasteiger partial charge on any atom is -0.497 e. The van der Waals surface area contributed by atoms with Crippen LogP contribution in [0.3, 0.4) is 0 Å². The predicted octanol–water partition coefficient (Wildman–Crippen LogP) is 2.08. The Morgan fingerprint density at radius 2 is 2.07 bits per heavy atom.